The van der Waals surface area contributed by atoms with Crippen molar-refractivity contribution in [1.82, 2.24) is 9.29 Å². The molecule has 2 unspecified atom stereocenters. The van der Waals surface area contributed by atoms with Crippen molar-refractivity contribution in [2.24, 2.45) is 11.8 Å². The number of hydrogen-bond acceptors (Lipinski definition) is 7. The van der Waals surface area contributed by atoms with Gasteiger partial charge in [0.15, 0.2) is 5.13 Å². The van der Waals surface area contributed by atoms with Crippen molar-refractivity contribution in [2.45, 2.75) is 39.0 Å². The highest BCUT2D eigenvalue weighted by Gasteiger charge is 2.31. The van der Waals surface area contributed by atoms with Crippen LogP contribution in [0.4, 0.5) is 5.13 Å². The largest absolute Gasteiger partial charge is 0.462 e. The maximum absolute atomic E-state index is 13.0. The van der Waals surface area contributed by atoms with E-state index in [-0.39, 0.29) is 16.6 Å². The van der Waals surface area contributed by atoms with Gasteiger partial charge in [-0.15, -0.1) is 0 Å². The fourth-order valence-electron chi connectivity index (χ4n) is 3.73. The summed E-state index contributed by atoms with van der Waals surface area (Å²) in [5.41, 5.74) is 0.773. The van der Waals surface area contributed by atoms with Crippen LogP contribution in [0.1, 0.15) is 52.9 Å². The van der Waals surface area contributed by atoms with Gasteiger partial charge in [-0.25, -0.2) is 18.2 Å². The summed E-state index contributed by atoms with van der Waals surface area (Å²) in [6.45, 7) is 8.75. The number of rotatable bonds is 6. The molecule has 8 nitrogen and oxygen atoms in total. The fraction of sp³-hybridized carbons (Fsp3) is 0.476. The summed E-state index contributed by atoms with van der Waals surface area (Å²) in [4.78, 5) is 29.2. The van der Waals surface area contributed by atoms with Crippen LogP contribution in [0, 0.1) is 18.8 Å². The zero-order chi connectivity index (χ0) is 22.8. The molecule has 1 aliphatic rings. The summed E-state index contributed by atoms with van der Waals surface area (Å²) < 4.78 is 32.5. The molecule has 1 aromatic heterocycles. The first-order valence-electron chi connectivity index (χ1n) is 10.2. The minimum atomic E-state index is -3.61. The summed E-state index contributed by atoms with van der Waals surface area (Å²) >= 11 is 1.04. The van der Waals surface area contributed by atoms with Crippen molar-refractivity contribution in [3.05, 3.63) is 40.4 Å². The molecule has 1 fully saturated rings. The number of nitrogens with zero attached hydrogens (tertiary/aromatic N) is 2. The van der Waals surface area contributed by atoms with Crippen molar-refractivity contribution >= 4 is 38.4 Å². The molecule has 1 saturated heterocycles. The van der Waals surface area contributed by atoms with Crippen LogP contribution in [0.15, 0.2) is 29.2 Å². The minimum absolute atomic E-state index is 0.167. The second kappa shape index (κ2) is 9.46. The fourth-order valence-corrected chi connectivity index (χ4v) is 6.27. The van der Waals surface area contributed by atoms with Crippen molar-refractivity contribution in [1.29, 1.82) is 0 Å². The van der Waals surface area contributed by atoms with Crippen LogP contribution in [-0.2, 0) is 14.8 Å². The highest BCUT2D eigenvalue weighted by molar-refractivity contribution is 7.89. The van der Waals surface area contributed by atoms with E-state index in [0.29, 0.717) is 41.1 Å². The Kier molecular flexibility index (Phi) is 7.13. The number of carbonyl (C=O) groups excluding carboxylic acids is 2. The van der Waals surface area contributed by atoms with E-state index in [1.54, 1.807) is 13.8 Å². The van der Waals surface area contributed by atoms with Crippen molar-refractivity contribution in [3.63, 3.8) is 0 Å². The topological polar surface area (TPSA) is 106 Å². The summed E-state index contributed by atoms with van der Waals surface area (Å²) in [6.07, 6.45) is 1.01. The Hall–Kier alpha value is -2.30. The normalized spacial score (nSPS) is 19.7. The third-order valence-corrected chi connectivity index (χ3v) is 7.97. The number of nitrogens with one attached hydrogen (secondary N) is 1. The summed E-state index contributed by atoms with van der Waals surface area (Å²) in [5.74, 6) is -0.295. The number of thiazole rings is 1. The van der Waals surface area contributed by atoms with Gasteiger partial charge in [-0.1, -0.05) is 25.2 Å². The number of carbonyl (C=O) groups is 2. The number of esters is 1. The first kappa shape index (κ1) is 23.4. The molecule has 0 radical (unpaired) electrons. The van der Waals surface area contributed by atoms with E-state index < -0.39 is 21.9 Å². The van der Waals surface area contributed by atoms with Crippen LogP contribution in [-0.4, -0.2) is 49.3 Å². The van der Waals surface area contributed by atoms with E-state index in [0.717, 1.165) is 17.8 Å². The maximum Gasteiger partial charge on any atom is 0.350 e. The third-order valence-electron chi connectivity index (χ3n) is 5.07. The van der Waals surface area contributed by atoms with Gasteiger partial charge in [-0.2, -0.15) is 4.31 Å². The Labute approximate surface area is 186 Å². The molecular formula is C21H27N3O5S2. The number of amides is 1. The molecule has 1 N–H and O–H groups in total. The average molecular weight is 466 g/mol. The molecule has 0 spiro atoms. The molecule has 2 heterocycles. The Morgan fingerprint density at radius 1 is 1.19 bits per heavy atom. The highest BCUT2D eigenvalue weighted by Crippen LogP contribution is 2.27. The van der Waals surface area contributed by atoms with Gasteiger partial charge in [0.1, 0.15) is 4.88 Å². The van der Waals surface area contributed by atoms with E-state index in [1.807, 2.05) is 0 Å². The lowest BCUT2D eigenvalue weighted by Gasteiger charge is -2.34. The van der Waals surface area contributed by atoms with Crippen LogP contribution >= 0.6 is 11.3 Å². The SMILES string of the molecule is CCOC(=O)c1sc(NC(=O)c2ccc(S(=O)(=O)N3CC(C)CC(C)C3)cc2)nc1C. The number of aryl methyl sites for hydroxylation is 1. The Morgan fingerprint density at radius 3 is 2.39 bits per heavy atom. The Bertz CT molecular complexity index is 1050. The summed E-state index contributed by atoms with van der Waals surface area (Å²) in [6, 6.07) is 5.86. The number of ether oxygens (including phenoxy) is 1. The summed E-state index contributed by atoms with van der Waals surface area (Å²) in [5, 5.41) is 2.93. The molecule has 0 aliphatic carbocycles. The highest BCUT2D eigenvalue weighted by atomic mass is 32.2. The van der Waals surface area contributed by atoms with Gasteiger partial charge in [0.25, 0.3) is 5.91 Å². The second-order valence-corrected chi connectivity index (χ2v) is 10.8. The van der Waals surface area contributed by atoms with E-state index in [4.69, 9.17) is 4.74 Å². The minimum Gasteiger partial charge on any atom is -0.462 e. The van der Waals surface area contributed by atoms with Crippen LogP contribution in [0.5, 0.6) is 0 Å². The smallest absolute Gasteiger partial charge is 0.350 e. The Balaban J connectivity index is 1.72. The van der Waals surface area contributed by atoms with E-state index >= 15 is 0 Å². The zero-order valence-electron chi connectivity index (χ0n) is 18.0. The van der Waals surface area contributed by atoms with Gasteiger partial charge in [-0.3, -0.25) is 10.1 Å². The lowest BCUT2D eigenvalue weighted by molar-refractivity contribution is 0.0531. The molecule has 1 amide bonds. The van der Waals surface area contributed by atoms with E-state index in [9.17, 15) is 18.0 Å². The van der Waals surface area contributed by atoms with E-state index in [1.165, 1.54) is 28.6 Å². The molecule has 2 aromatic rings. The standard InChI is InChI=1S/C21H27N3O5S2/c1-5-29-20(26)18-15(4)22-21(30-18)23-19(25)16-6-8-17(9-7-16)31(27,28)24-11-13(2)10-14(3)12-24/h6-9,13-14H,5,10-12H2,1-4H3,(H,22,23,25). The first-order valence-corrected chi connectivity index (χ1v) is 12.4. The van der Waals surface area contributed by atoms with Crippen LogP contribution < -0.4 is 5.32 Å². The van der Waals surface area contributed by atoms with Crippen molar-refractivity contribution in [2.75, 3.05) is 25.0 Å². The quantitative estimate of drug-likeness (QED) is 0.654. The zero-order valence-corrected chi connectivity index (χ0v) is 19.7. The van der Waals surface area contributed by atoms with Gasteiger partial charge in [0, 0.05) is 18.7 Å². The predicted molar refractivity (Wildman–Crippen MR) is 119 cm³/mol. The van der Waals surface area contributed by atoms with Crippen molar-refractivity contribution < 1.29 is 22.7 Å². The van der Waals surface area contributed by atoms with Gasteiger partial charge >= 0.3 is 5.97 Å². The van der Waals surface area contributed by atoms with Crippen LogP contribution in [0.2, 0.25) is 0 Å². The number of anilines is 1. The number of aromatic nitrogens is 1. The van der Waals surface area contributed by atoms with Crippen molar-refractivity contribution in [3.8, 4) is 0 Å². The lowest BCUT2D eigenvalue weighted by Crippen LogP contribution is -2.42. The molecule has 31 heavy (non-hydrogen) atoms. The molecule has 1 aliphatic heterocycles. The second-order valence-electron chi connectivity index (χ2n) is 7.90. The molecular weight excluding hydrogens is 438 g/mol. The predicted octanol–water partition coefficient (Wildman–Crippen LogP) is 3.55. The Morgan fingerprint density at radius 2 is 1.81 bits per heavy atom. The number of benzene rings is 1. The van der Waals surface area contributed by atoms with Gasteiger partial charge in [0.2, 0.25) is 10.0 Å². The molecule has 1 aromatic carbocycles. The number of piperidine rings is 1. The first-order chi connectivity index (χ1) is 14.6. The van der Waals surface area contributed by atoms with Crippen LogP contribution in [0.3, 0.4) is 0 Å². The maximum atomic E-state index is 13.0. The van der Waals surface area contributed by atoms with Crippen LogP contribution in [0.25, 0.3) is 0 Å². The van der Waals surface area contributed by atoms with Gasteiger partial charge in [-0.05, 0) is 56.4 Å². The monoisotopic (exact) mass is 465 g/mol. The number of sulfonamides is 1. The molecule has 0 bridgehead atoms. The lowest BCUT2D eigenvalue weighted by atomic mass is 9.94. The average Bonchev–Trinajstić information content (AvgIpc) is 3.07. The molecule has 10 heteroatoms. The molecule has 0 saturated carbocycles. The molecule has 168 valence electrons. The van der Waals surface area contributed by atoms with E-state index in [2.05, 4.69) is 24.1 Å². The third kappa shape index (κ3) is 5.31. The van der Waals surface area contributed by atoms with Gasteiger partial charge in [0.05, 0.1) is 17.2 Å². The molecule has 2 atom stereocenters. The molecule has 3 rings (SSSR count). The number of hydrogen-bond donors (Lipinski definition) is 1. The van der Waals surface area contributed by atoms with Gasteiger partial charge < -0.3 is 4.74 Å². The summed E-state index contributed by atoms with van der Waals surface area (Å²) in [7, 11) is -3.61.